The summed E-state index contributed by atoms with van der Waals surface area (Å²) < 4.78 is 0. The number of nitrogens with zero attached hydrogens (tertiary/aromatic N) is 2. The molecule has 0 saturated carbocycles. The average Bonchev–Trinajstić information content (AvgIpc) is 2.96. The highest BCUT2D eigenvalue weighted by Gasteiger charge is 2.11. The molecule has 1 unspecified atom stereocenters. The molecule has 0 bridgehead atoms. The molecule has 6 heteroatoms. The van der Waals surface area contributed by atoms with Crippen LogP contribution in [0.15, 0.2) is 41.9 Å². The molecule has 0 aliphatic carbocycles. The van der Waals surface area contributed by atoms with Crippen LogP contribution in [0.4, 0.5) is 5.69 Å². The predicted molar refractivity (Wildman–Crippen MR) is 88.8 cm³/mol. The van der Waals surface area contributed by atoms with E-state index >= 15 is 0 Å². The molecular formula is C16H16N4OS. The van der Waals surface area contributed by atoms with Gasteiger partial charge in [-0.25, -0.2) is 4.98 Å². The third-order valence-electron chi connectivity index (χ3n) is 3.21. The minimum Gasteiger partial charge on any atom is -0.324 e. The van der Waals surface area contributed by atoms with E-state index in [2.05, 4.69) is 15.3 Å². The molecule has 0 fully saturated rings. The Bertz CT molecular complexity index is 807. The Balaban J connectivity index is 1.75. The zero-order valence-electron chi connectivity index (χ0n) is 12.1. The lowest BCUT2D eigenvalue weighted by Gasteiger charge is -2.07. The van der Waals surface area contributed by atoms with Gasteiger partial charge in [0.2, 0.25) is 5.91 Å². The maximum Gasteiger partial charge on any atom is 0.230 e. The topological polar surface area (TPSA) is 80.9 Å². The van der Waals surface area contributed by atoms with E-state index in [1.165, 1.54) is 11.3 Å². The van der Waals surface area contributed by atoms with Gasteiger partial charge in [0.1, 0.15) is 5.01 Å². The van der Waals surface area contributed by atoms with E-state index in [4.69, 9.17) is 5.73 Å². The number of nitrogens with two attached hydrogens (primary N) is 1. The maximum atomic E-state index is 12.2. The Kier molecular flexibility index (Phi) is 4.13. The monoisotopic (exact) mass is 312 g/mol. The summed E-state index contributed by atoms with van der Waals surface area (Å²) in [5.41, 5.74) is 8.02. The fourth-order valence-corrected chi connectivity index (χ4v) is 2.95. The van der Waals surface area contributed by atoms with Crippen LogP contribution in [-0.2, 0) is 11.2 Å². The van der Waals surface area contributed by atoms with E-state index in [1.54, 1.807) is 6.20 Å². The first kappa shape index (κ1) is 14.6. The molecule has 1 atom stereocenters. The number of rotatable bonds is 4. The number of nitrogens with one attached hydrogen (secondary N) is 1. The number of fused-ring (bicyclic) bond motifs is 1. The SMILES string of the molecule is CC(N)c1nc(CC(=O)Nc2cccc3cccnc23)cs1. The highest BCUT2D eigenvalue weighted by molar-refractivity contribution is 7.09. The van der Waals surface area contributed by atoms with E-state index in [0.717, 1.165) is 21.6 Å². The standard InChI is InChI=1S/C16H16N4OS/c1-10(17)16-19-12(9-22-16)8-14(21)20-13-6-2-4-11-5-3-7-18-15(11)13/h2-7,9-10H,8,17H2,1H3,(H,20,21). The van der Waals surface area contributed by atoms with Crippen molar-refractivity contribution in [2.24, 2.45) is 5.73 Å². The number of hydrogen-bond donors (Lipinski definition) is 2. The fraction of sp³-hybridized carbons (Fsp3) is 0.188. The van der Waals surface area contributed by atoms with Gasteiger partial charge in [0.15, 0.2) is 0 Å². The minimum absolute atomic E-state index is 0.107. The van der Waals surface area contributed by atoms with E-state index in [-0.39, 0.29) is 18.4 Å². The van der Waals surface area contributed by atoms with E-state index in [9.17, 15) is 4.79 Å². The molecule has 0 aliphatic rings. The van der Waals surface area contributed by atoms with Crippen LogP contribution in [0.3, 0.4) is 0 Å². The molecule has 22 heavy (non-hydrogen) atoms. The Labute approximate surface area is 132 Å². The van der Waals surface area contributed by atoms with Crippen LogP contribution in [0, 0.1) is 0 Å². The van der Waals surface area contributed by atoms with Crippen LogP contribution in [-0.4, -0.2) is 15.9 Å². The predicted octanol–water partition coefficient (Wildman–Crippen LogP) is 2.89. The van der Waals surface area contributed by atoms with Crippen LogP contribution in [0.1, 0.15) is 23.7 Å². The molecule has 5 nitrogen and oxygen atoms in total. The van der Waals surface area contributed by atoms with Crippen LogP contribution in [0.25, 0.3) is 10.9 Å². The fourth-order valence-electron chi connectivity index (χ4n) is 2.18. The van der Waals surface area contributed by atoms with Gasteiger partial charge in [0.05, 0.1) is 29.4 Å². The second-order valence-electron chi connectivity index (χ2n) is 5.07. The number of anilines is 1. The number of para-hydroxylation sites is 1. The molecule has 0 radical (unpaired) electrons. The number of benzene rings is 1. The summed E-state index contributed by atoms with van der Waals surface area (Å²) >= 11 is 1.48. The van der Waals surface area contributed by atoms with Crippen LogP contribution < -0.4 is 11.1 Å². The molecule has 0 spiro atoms. The van der Waals surface area contributed by atoms with Gasteiger partial charge in [0, 0.05) is 17.0 Å². The van der Waals surface area contributed by atoms with E-state index in [1.807, 2.05) is 42.6 Å². The first-order valence-electron chi connectivity index (χ1n) is 6.97. The quantitative estimate of drug-likeness (QED) is 0.776. The van der Waals surface area contributed by atoms with Crippen molar-refractivity contribution in [1.29, 1.82) is 0 Å². The van der Waals surface area contributed by atoms with Gasteiger partial charge < -0.3 is 11.1 Å². The largest absolute Gasteiger partial charge is 0.324 e. The van der Waals surface area contributed by atoms with Crippen molar-refractivity contribution in [3.8, 4) is 0 Å². The summed E-state index contributed by atoms with van der Waals surface area (Å²) in [6, 6.07) is 9.45. The summed E-state index contributed by atoms with van der Waals surface area (Å²) in [6.45, 7) is 1.88. The maximum absolute atomic E-state index is 12.2. The van der Waals surface area contributed by atoms with Crippen molar-refractivity contribution in [1.82, 2.24) is 9.97 Å². The lowest BCUT2D eigenvalue weighted by Crippen LogP contribution is -2.15. The Morgan fingerprint density at radius 3 is 2.95 bits per heavy atom. The molecule has 0 saturated heterocycles. The summed E-state index contributed by atoms with van der Waals surface area (Å²) in [4.78, 5) is 20.9. The number of carbonyl (C=O) groups is 1. The third-order valence-corrected chi connectivity index (χ3v) is 4.30. The van der Waals surface area contributed by atoms with E-state index < -0.39 is 0 Å². The summed E-state index contributed by atoms with van der Waals surface area (Å²) in [5.74, 6) is -0.111. The number of thiazole rings is 1. The first-order chi connectivity index (χ1) is 10.6. The van der Waals surface area contributed by atoms with Gasteiger partial charge >= 0.3 is 0 Å². The number of amides is 1. The molecule has 112 valence electrons. The lowest BCUT2D eigenvalue weighted by molar-refractivity contribution is -0.115. The molecule has 2 heterocycles. The number of hydrogen-bond acceptors (Lipinski definition) is 5. The Morgan fingerprint density at radius 2 is 2.18 bits per heavy atom. The van der Waals surface area contributed by atoms with Crippen molar-refractivity contribution >= 4 is 33.8 Å². The van der Waals surface area contributed by atoms with E-state index in [0.29, 0.717) is 5.69 Å². The average molecular weight is 312 g/mol. The summed E-state index contributed by atoms with van der Waals surface area (Å²) in [5, 5.41) is 6.61. The zero-order chi connectivity index (χ0) is 15.5. The van der Waals surface area contributed by atoms with Gasteiger partial charge in [-0.2, -0.15) is 0 Å². The number of aromatic nitrogens is 2. The molecule has 3 N–H and O–H groups in total. The van der Waals surface area contributed by atoms with Crippen molar-refractivity contribution < 1.29 is 4.79 Å². The summed E-state index contributed by atoms with van der Waals surface area (Å²) in [7, 11) is 0. The second kappa shape index (κ2) is 6.21. The first-order valence-corrected chi connectivity index (χ1v) is 7.85. The normalized spacial score (nSPS) is 12.3. The van der Waals surface area contributed by atoms with Gasteiger partial charge in [-0.15, -0.1) is 11.3 Å². The van der Waals surface area contributed by atoms with Crippen molar-refractivity contribution in [2.45, 2.75) is 19.4 Å². The van der Waals surface area contributed by atoms with Crippen LogP contribution in [0.5, 0.6) is 0 Å². The second-order valence-corrected chi connectivity index (χ2v) is 5.96. The van der Waals surface area contributed by atoms with Gasteiger partial charge in [-0.05, 0) is 19.1 Å². The smallest absolute Gasteiger partial charge is 0.230 e. The van der Waals surface area contributed by atoms with Crippen LogP contribution >= 0.6 is 11.3 Å². The van der Waals surface area contributed by atoms with Crippen molar-refractivity contribution in [3.63, 3.8) is 0 Å². The zero-order valence-corrected chi connectivity index (χ0v) is 12.9. The third kappa shape index (κ3) is 3.13. The molecule has 1 amide bonds. The molecular weight excluding hydrogens is 296 g/mol. The Morgan fingerprint density at radius 1 is 1.36 bits per heavy atom. The summed E-state index contributed by atoms with van der Waals surface area (Å²) in [6.07, 6.45) is 1.94. The lowest BCUT2D eigenvalue weighted by atomic mass is 10.2. The van der Waals surface area contributed by atoms with Gasteiger partial charge in [-0.3, -0.25) is 9.78 Å². The van der Waals surface area contributed by atoms with Crippen LogP contribution in [0.2, 0.25) is 0 Å². The highest BCUT2D eigenvalue weighted by Crippen LogP contribution is 2.21. The number of carbonyl (C=O) groups excluding carboxylic acids is 1. The molecule has 3 aromatic rings. The Hall–Kier alpha value is -2.31. The highest BCUT2D eigenvalue weighted by atomic mass is 32.1. The van der Waals surface area contributed by atoms with Crippen molar-refractivity contribution in [2.75, 3.05) is 5.32 Å². The molecule has 0 aliphatic heterocycles. The molecule has 2 aromatic heterocycles. The van der Waals surface area contributed by atoms with Gasteiger partial charge in [-0.1, -0.05) is 18.2 Å². The molecule has 1 aromatic carbocycles. The van der Waals surface area contributed by atoms with Crippen molar-refractivity contribution in [3.05, 3.63) is 52.6 Å². The number of pyridine rings is 1. The van der Waals surface area contributed by atoms with Gasteiger partial charge in [0.25, 0.3) is 0 Å². The minimum atomic E-state index is -0.111. The molecule has 3 rings (SSSR count).